The average Bonchev–Trinajstić information content (AvgIpc) is 2.87. The maximum absolute atomic E-state index is 12.6. The summed E-state index contributed by atoms with van der Waals surface area (Å²) in [6.45, 7) is 3.66. The van der Waals surface area contributed by atoms with E-state index in [0.717, 1.165) is 5.52 Å². The number of fused-ring (bicyclic) bond motifs is 1. The van der Waals surface area contributed by atoms with Gasteiger partial charge in [-0.3, -0.25) is 0 Å². The molecule has 0 aliphatic rings. The first-order chi connectivity index (χ1) is 11.6. The van der Waals surface area contributed by atoms with Crippen molar-refractivity contribution in [3.05, 3.63) is 48.8 Å². The lowest BCUT2D eigenvalue weighted by Crippen LogP contribution is -2.25. The summed E-state index contributed by atoms with van der Waals surface area (Å²) >= 11 is 0. The van der Waals surface area contributed by atoms with Gasteiger partial charge in [-0.2, -0.15) is 0 Å². The van der Waals surface area contributed by atoms with Crippen molar-refractivity contribution in [1.82, 2.24) is 9.55 Å². The lowest BCUT2D eigenvalue weighted by Gasteiger charge is -2.18. The molecule has 3 rings (SSSR count). The Morgan fingerprint density at radius 1 is 1.12 bits per heavy atom. The van der Waals surface area contributed by atoms with E-state index in [9.17, 15) is 18.3 Å². The fourth-order valence-electron chi connectivity index (χ4n) is 2.69. The van der Waals surface area contributed by atoms with Gasteiger partial charge < -0.3 is 14.4 Å². The van der Waals surface area contributed by atoms with Gasteiger partial charge in [0.05, 0.1) is 29.5 Å². The summed E-state index contributed by atoms with van der Waals surface area (Å²) in [5.74, 6) is -0.261. The van der Waals surface area contributed by atoms with Crippen molar-refractivity contribution in [2.75, 3.05) is 0 Å². The van der Waals surface area contributed by atoms with Gasteiger partial charge in [-0.15, -0.1) is 13.2 Å². The Morgan fingerprint density at radius 2 is 1.84 bits per heavy atom. The highest BCUT2D eigenvalue weighted by Crippen LogP contribution is 2.35. The van der Waals surface area contributed by atoms with Crippen LogP contribution in [0.5, 0.6) is 5.75 Å². The average molecular weight is 350 g/mol. The van der Waals surface area contributed by atoms with Crippen LogP contribution in [0, 0.1) is 0 Å². The highest BCUT2D eigenvalue weighted by atomic mass is 19.4. The van der Waals surface area contributed by atoms with Gasteiger partial charge >= 0.3 is 6.36 Å². The third-order valence-corrected chi connectivity index (χ3v) is 3.60. The summed E-state index contributed by atoms with van der Waals surface area (Å²) in [6, 6.07) is 11.2. The van der Waals surface area contributed by atoms with Gasteiger partial charge in [0.15, 0.2) is 0 Å². The SMILES string of the molecule is CC(C)(O)Cn1cnc2ccc(-c3ccccc3OC(F)(F)F)cc21. The molecule has 2 aromatic carbocycles. The predicted octanol–water partition coefficient (Wildman–Crippen LogP) is 4.37. The smallest absolute Gasteiger partial charge is 0.405 e. The number of para-hydroxylation sites is 1. The molecule has 0 aliphatic carbocycles. The van der Waals surface area contributed by atoms with Crippen LogP contribution in [0.4, 0.5) is 13.2 Å². The Hall–Kier alpha value is -2.54. The van der Waals surface area contributed by atoms with Gasteiger partial charge in [0.25, 0.3) is 0 Å². The molecule has 4 nitrogen and oxygen atoms in total. The second kappa shape index (κ2) is 6.07. The van der Waals surface area contributed by atoms with E-state index >= 15 is 0 Å². The van der Waals surface area contributed by atoms with Crippen LogP contribution in [-0.4, -0.2) is 26.6 Å². The number of alkyl halides is 3. The Bertz CT molecular complexity index is 895. The van der Waals surface area contributed by atoms with Crippen LogP contribution in [0.3, 0.4) is 0 Å². The molecule has 0 aliphatic heterocycles. The summed E-state index contributed by atoms with van der Waals surface area (Å²) in [7, 11) is 0. The van der Waals surface area contributed by atoms with E-state index in [1.807, 2.05) is 0 Å². The van der Waals surface area contributed by atoms with E-state index in [1.165, 1.54) is 12.1 Å². The van der Waals surface area contributed by atoms with E-state index in [-0.39, 0.29) is 5.75 Å². The first kappa shape index (κ1) is 17.3. The van der Waals surface area contributed by atoms with Gasteiger partial charge in [0, 0.05) is 5.56 Å². The van der Waals surface area contributed by atoms with Gasteiger partial charge in [0.1, 0.15) is 5.75 Å². The minimum Gasteiger partial charge on any atom is -0.405 e. The Kier molecular flexibility index (Phi) is 4.20. The lowest BCUT2D eigenvalue weighted by atomic mass is 10.0. The number of hydrogen-bond donors (Lipinski definition) is 1. The minimum absolute atomic E-state index is 0.261. The van der Waals surface area contributed by atoms with Gasteiger partial charge in [-0.25, -0.2) is 4.98 Å². The van der Waals surface area contributed by atoms with Crippen LogP contribution in [0.2, 0.25) is 0 Å². The molecule has 0 saturated carbocycles. The molecule has 0 saturated heterocycles. The topological polar surface area (TPSA) is 47.3 Å². The van der Waals surface area contributed by atoms with Crippen LogP contribution >= 0.6 is 0 Å². The number of ether oxygens (including phenoxy) is 1. The molecule has 0 radical (unpaired) electrons. The second-order valence-corrected chi connectivity index (χ2v) is 6.43. The van der Waals surface area contributed by atoms with Gasteiger partial charge in [-0.05, 0) is 37.6 Å². The molecule has 25 heavy (non-hydrogen) atoms. The van der Waals surface area contributed by atoms with Crippen molar-refractivity contribution in [2.24, 2.45) is 0 Å². The predicted molar refractivity (Wildman–Crippen MR) is 88.1 cm³/mol. The second-order valence-electron chi connectivity index (χ2n) is 6.43. The zero-order valence-electron chi connectivity index (χ0n) is 13.7. The third kappa shape index (κ3) is 4.11. The van der Waals surface area contributed by atoms with Gasteiger partial charge in [0.2, 0.25) is 0 Å². The van der Waals surface area contributed by atoms with Crippen molar-refractivity contribution < 1.29 is 23.0 Å². The first-order valence-electron chi connectivity index (χ1n) is 7.65. The van der Waals surface area contributed by atoms with Crippen LogP contribution < -0.4 is 4.74 Å². The summed E-state index contributed by atoms with van der Waals surface area (Å²) in [5.41, 5.74) is 1.38. The molecule has 0 atom stereocenters. The molecule has 0 bridgehead atoms. The van der Waals surface area contributed by atoms with E-state index < -0.39 is 12.0 Å². The van der Waals surface area contributed by atoms with E-state index in [0.29, 0.717) is 23.2 Å². The molecule has 0 fully saturated rings. The summed E-state index contributed by atoms with van der Waals surface area (Å²) < 4.78 is 43.8. The number of benzene rings is 2. The fourth-order valence-corrected chi connectivity index (χ4v) is 2.69. The molecule has 0 unspecified atom stereocenters. The van der Waals surface area contributed by atoms with Crippen molar-refractivity contribution in [3.63, 3.8) is 0 Å². The molecule has 1 aromatic heterocycles. The maximum Gasteiger partial charge on any atom is 0.573 e. The minimum atomic E-state index is -4.76. The fraction of sp³-hybridized carbons (Fsp3) is 0.278. The number of imidazole rings is 1. The summed E-state index contributed by atoms with van der Waals surface area (Å²) in [5, 5.41) is 10.0. The number of aliphatic hydroxyl groups is 1. The molecule has 1 heterocycles. The Labute approximate surface area is 142 Å². The molecular weight excluding hydrogens is 333 g/mol. The van der Waals surface area contributed by atoms with Crippen molar-refractivity contribution in [2.45, 2.75) is 32.4 Å². The molecule has 3 aromatic rings. The lowest BCUT2D eigenvalue weighted by molar-refractivity contribution is -0.274. The highest BCUT2D eigenvalue weighted by Gasteiger charge is 2.32. The van der Waals surface area contributed by atoms with Crippen molar-refractivity contribution in [3.8, 4) is 16.9 Å². The van der Waals surface area contributed by atoms with E-state index in [4.69, 9.17) is 0 Å². The number of halogens is 3. The highest BCUT2D eigenvalue weighted by molar-refractivity contribution is 5.83. The first-order valence-corrected chi connectivity index (χ1v) is 7.65. The molecule has 7 heteroatoms. The summed E-state index contributed by atoms with van der Waals surface area (Å²) in [4.78, 5) is 4.26. The van der Waals surface area contributed by atoms with Crippen LogP contribution in [0.15, 0.2) is 48.8 Å². The largest absolute Gasteiger partial charge is 0.573 e. The van der Waals surface area contributed by atoms with Crippen LogP contribution in [0.25, 0.3) is 22.2 Å². The third-order valence-electron chi connectivity index (χ3n) is 3.60. The van der Waals surface area contributed by atoms with Gasteiger partial charge in [-0.1, -0.05) is 24.3 Å². The number of hydrogen-bond acceptors (Lipinski definition) is 3. The maximum atomic E-state index is 12.6. The standard InChI is InChI=1S/C18H17F3N2O2/c1-17(2,24)10-23-11-22-14-8-7-12(9-15(14)23)13-5-3-4-6-16(13)25-18(19,20)21/h3-9,11,24H,10H2,1-2H3. The van der Waals surface area contributed by atoms with E-state index in [2.05, 4.69) is 9.72 Å². The number of aromatic nitrogens is 2. The zero-order valence-corrected chi connectivity index (χ0v) is 13.7. The molecule has 132 valence electrons. The number of rotatable bonds is 4. The summed E-state index contributed by atoms with van der Waals surface area (Å²) in [6.07, 6.45) is -3.16. The van der Waals surface area contributed by atoms with Crippen molar-refractivity contribution in [1.29, 1.82) is 0 Å². The molecular formula is C18H17F3N2O2. The molecule has 0 spiro atoms. The quantitative estimate of drug-likeness (QED) is 0.760. The molecule has 1 N–H and O–H groups in total. The Morgan fingerprint density at radius 3 is 2.52 bits per heavy atom. The van der Waals surface area contributed by atoms with Crippen LogP contribution in [-0.2, 0) is 6.54 Å². The normalized spacial score (nSPS) is 12.6. The zero-order chi connectivity index (χ0) is 18.2. The Balaban J connectivity index is 2.07. The van der Waals surface area contributed by atoms with E-state index in [1.54, 1.807) is 55.1 Å². The number of nitrogens with zero attached hydrogens (tertiary/aromatic N) is 2. The van der Waals surface area contributed by atoms with Crippen molar-refractivity contribution >= 4 is 11.0 Å². The van der Waals surface area contributed by atoms with Crippen LogP contribution in [0.1, 0.15) is 13.8 Å². The molecule has 0 amide bonds. The monoisotopic (exact) mass is 350 g/mol.